The summed E-state index contributed by atoms with van der Waals surface area (Å²) in [6.45, 7) is 0. The van der Waals surface area contributed by atoms with E-state index in [1.807, 2.05) is 30.3 Å². The van der Waals surface area contributed by atoms with Gasteiger partial charge in [0.05, 0.1) is 17.1 Å². The fourth-order valence-electron chi connectivity index (χ4n) is 3.40. The number of fused-ring (bicyclic) bond motifs is 3. The van der Waals surface area contributed by atoms with E-state index in [1.165, 1.54) is 16.9 Å². The molecule has 4 rings (SSSR count). The normalized spacial score (nSPS) is 13.5. The zero-order chi connectivity index (χ0) is 17.9. The van der Waals surface area contributed by atoms with E-state index in [9.17, 15) is 4.79 Å². The molecule has 0 amide bonds. The van der Waals surface area contributed by atoms with E-state index in [2.05, 4.69) is 6.07 Å². The van der Waals surface area contributed by atoms with Crippen LogP contribution in [0, 0.1) is 11.3 Å². The molecule has 26 heavy (non-hydrogen) atoms. The fraction of sp³-hybridized carbons (Fsp3) is 0.350. The van der Waals surface area contributed by atoms with Crippen molar-refractivity contribution in [2.75, 3.05) is 5.75 Å². The largest absolute Gasteiger partial charge is 0.268 e. The first kappa shape index (κ1) is 17.3. The van der Waals surface area contributed by atoms with Crippen molar-refractivity contribution in [2.24, 2.45) is 0 Å². The molecule has 0 saturated carbocycles. The number of nitrogens with zero attached hydrogens (tertiary/aromatic N) is 3. The maximum Gasteiger partial charge on any atom is 0.267 e. The average Bonchev–Trinajstić information content (AvgIpc) is 3.04. The van der Waals surface area contributed by atoms with Crippen molar-refractivity contribution >= 4 is 33.3 Å². The summed E-state index contributed by atoms with van der Waals surface area (Å²) in [5, 5.41) is 10.3. The van der Waals surface area contributed by atoms with Crippen molar-refractivity contribution in [2.45, 2.75) is 43.7 Å². The number of nitriles is 1. The number of benzene rings is 1. The van der Waals surface area contributed by atoms with Crippen molar-refractivity contribution in [3.63, 3.8) is 0 Å². The van der Waals surface area contributed by atoms with Gasteiger partial charge in [-0.2, -0.15) is 5.26 Å². The maximum atomic E-state index is 13.4. The maximum absolute atomic E-state index is 13.4. The highest BCUT2D eigenvalue weighted by Crippen LogP contribution is 2.35. The molecular formula is C20H19N3OS2. The summed E-state index contributed by atoms with van der Waals surface area (Å²) in [5.74, 6) is 0.781. The van der Waals surface area contributed by atoms with Crippen molar-refractivity contribution in [3.05, 3.63) is 51.1 Å². The molecule has 1 aliphatic carbocycles. The molecule has 2 heterocycles. The van der Waals surface area contributed by atoms with Crippen LogP contribution in [0.15, 0.2) is 40.3 Å². The summed E-state index contributed by atoms with van der Waals surface area (Å²) in [7, 11) is 0. The molecular weight excluding hydrogens is 362 g/mol. The van der Waals surface area contributed by atoms with Gasteiger partial charge in [-0.25, -0.2) is 4.98 Å². The minimum absolute atomic E-state index is 0.0448. The summed E-state index contributed by atoms with van der Waals surface area (Å²) >= 11 is 3.25. The van der Waals surface area contributed by atoms with Crippen molar-refractivity contribution in [1.82, 2.24) is 9.55 Å². The van der Waals surface area contributed by atoms with Crippen LogP contribution in [-0.2, 0) is 12.8 Å². The molecule has 6 heteroatoms. The van der Waals surface area contributed by atoms with Gasteiger partial charge < -0.3 is 0 Å². The lowest BCUT2D eigenvalue weighted by atomic mass is 9.97. The van der Waals surface area contributed by atoms with Crippen LogP contribution >= 0.6 is 23.1 Å². The summed E-state index contributed by atoms with van der Waals surface area (Å²) in [4.78, 5) is 20.5. The highest BCUT2D eigenvalue weighted by Gasteiger charge is 2.22. The predicted octanol–water partition coefficient (Wildman–Crippen LogP) is 4.72. The minimum Gasteiger partial charge on any atom is -0.268 e. The lowest BCUT2D eigenvalue weighted by molar-refractivity contribution is 0.699. The Morgan fingerprint density at radius 3 is 2.85 bits per heavy atom. The SMILES string of the molecule is N#CCCCSc1nc2sc3c(c2c(=O)n1-c1ccccc1)CCCC3. The van der Waals surface area contributed by atoms with Crippen LogP contribution in [0.1, 0.15) is 36.1 Å². The lowest BCUT2D eigenvalue weighted by Gasteiger charge is -2.13. The fourth-order valence-corrected chi connectivity index (χ4v) is 5.66. The number of thiophene rings is 1. The highest BCUT2D eigenvalue weighted by molar-refractivity contribution is 7.99. The van der Waals surface area contributed by atoms with Crippen LogP contribution in [0.5, 0.6) is 0 Å². The molecule has 0 N–H and O–H groups in total. The van der Waals surface area contributed by atoms with Crippen LogP contribution in [-0.4, -0.2) is 15.3 Å². The zero-order valence-corrected chi connectivity index (χ0v) is 16.0. The summed E-state index contributed by atoms with van der Waals surface area (Å²) < 4.78 is 1.75. The van der Waals surface area contributed by atoms with Gasteiger partial charge >= 0.3 is 0 Å². The molecule has 0 atom stereocenters. The van der Waals surface area contributed by atoms with Gasteiger partial charge in [-0.3, -0.25) is 9.36 Å². The first-order chi connectivity index (χ1) is 12.8. The van der Waals surface area contributed by atoms with Crippen molar-refractivity contribution < 1.29 is 0 Å². The number of hydrogen-bond donors (Lipinski definition) is 0. The molecule has 0 bridgehead atoms. The van der Waals surface area contributed by atoms with Crippen molar-refractivity contribution in [1.29, 1.82) is 5.26 Å². The monoisotopic (exact) mass is 381 g/mol. The first-order valence-corrected chi connectivity index (χ1v) is 10.7. The van der Waals surface area contributed by atoms with Crippen LogP contribution in [0.2, 0.25) is 0 Å². The number of para-hydroxylation sites is 1. The van der Waals surface area contributed by atoms with E-state index >= 15 is 0 Å². The molecule has 0 unspecified atom stereocenters. The molecule has 1 aromatic carbocycles. The van der Waals surface area contributed by atoms with Crippen LogP contribution in [0.3, 0.4) is 0 Å². The standard InChI is InChI=1S/C20H19N3OS2/c21-12-6-7-13-25-20-22-18-17(15-10-4-5-11-16(15)26-18)19(24)23(20)14-8-2-1-3-9-14/h1-3,8-9H,4-7,10-11,13H2. The van der Waals surface area contributed by atoms with Crippen molar-refractivity contribution in [3.8, 4) is 11.8 Å². The number of unbranched alkanes of at least 4 members (excludes halogenated alkanes) is 1. The number of aromatic nitrogens is 2. The van der Waals surface area contributed by atoms with Gasteiger partial charge in [0.25, 0.3) is 5.56 Å². The Balaban J connectivity index is 1.88. The molecule has 0 fully saturated rings. The Kier molecular flexibility index (Phi) is 5.09. The third kappa shape index (κ3) is 3.17. The Morgan fingerprint density at radius 1 is 1.23 bits per heavy atom. The van der Waals surface area contributed by atoms with E-state index in [-0.39, 0.29) is 5.56 Å². The second kappa shape index (κ2) is 7.65. The third-order valence-electron chi connectivity index (χ3n) is 4.64. The number of rotatable bonds is 5. The molecule has 1 aliphatic rings. The Hall–Kier alpha value is -2.10. The quantitative estimate of drug-likeness (QED) is 0.364. The lowest BCUT2D eigenvalue weighted by Crippen LogP contribution is -2.22. The average molecular weight is 382 g/mol. The predicted molar refractivity (Wildman–Crippen MR) is 107 cm³/mol. The summed E-state index contributed by atoms with van der Waals surface area (Å²) in [6.07, 6.45) is 5.71. The van der Waals surface area contributed by atoms with E-state index in [4.69, 9.17) is 10.2 Å². The molecule has 132 valence electrons. The van der Waals surface area contributed by atoms with Gasteiger partial charge in [-0.05, 0) is 49.8 Å². The molecule has 0 spiro atoms. The molecule has 0 aliphatic heterocycles. The van der Waals surface area contributed by atoms with Gasteiger partial charge in [0.15, 0.2) is 5.16 Å². The zero-order valence-electron chi connectivity index (χ0n) is 14.4. The van der Waals surface area contributed by atoms with Gasteiger partial charge in [-0.15, -0.1) is 11.3 Å². The number of hydrogen-bond acceptors (Lipinski definition) is 5. The molecule has 0 radical (unpaired) electrons. The second-order valence-corrected chi connectivity index (χ2v) is 8.52. The van der Waals surface area contributed by atoms with E-state index < -0.39 is 0 Å². The van der Waals surface area contributed by atoms with E-state index in [0.29, 0.717) is 6.42 Å². The second-order valence-electron chi connectivity index (χ2n) is 6.37. The molecule has 3 aromatic rings. The summed E-state index contributed by atoms with van der Waals surface area (Å²) in [5.41, 5.74) is 2.12. The van der Waals surface area contributed by atoms with Crippen LogP contribution in [0.25, 0.3) is 15.9 Å². The van der Waals surface area contributed by atoms with Gasteiger partial charge in [0.2, 0.25) is 0 Å². The van der Waals surface area contributed by atoms with E-state index in [0.717, 1.165) is 52.5 Å². The minimum atomic E-state index is 0.0448. The number of thioether (sulfide) groups is 1. The van der Waals surface area contributed by atoms with Crippen LogP contribution in [0.4, 0.5) is 0 Å². The first-order valence-electron chi connectivity index (χ1n) is 8.92. The third-order valence-corrected chi connectivity index (χ3v) is 6.85. The van der Waals surface area contributed by atoms with Gasteiger partial charge in [0, 0.05) is 17.1 Å². The molecule has 4 nitrogen and oxygen atoms in total. The number of aryl methyl sites for hydroxylation is 2. The highest BCUT2D eigenvalue weighted by atomic mass is 32.2. The Bertz CT molecular complexity index is 1030. The molecule has 2 aromatic heterocycles. The Morgan fingerprint density at radius 2 is 2.04 bits per heavy atom. The van der Waals surface area contributed by atoms with Crippen LogP contribution < -0.4 is 5.56 Å². The smallest absolute Gasteiger partial charge is 0.267 e. The van der Waals surface area contributed by atoms with Gasteiger partial charge in [0.1, 0.15) is 4.83 Å². The van der Waals surface area contributed by atoms with E-state index in [1.54, 1.807) is 27.7 Å². The molecule has 0 saturated heterocycles. The topological polar surface area (TPSA) is 58.7 Å². The van der Waals surface area contributed by atoms with Gasteiger partial charge in [-0.1, -0.05) is 30.0 Å². The summed E-state index contributed by atoms with van der Waals surface area (Å²) in [6, 6.07) is 11.9. The Labute approximate surface area is 160 Å².